The number of hydrogen-bond donors (Lipinski definition) is 0. The first-order chi connectivity index (χ1) is 2.30. The summed E-state index contributed by atoms with van der Waals surface area (Å²) in [6.07, 6.45) is 0. The zero-order valence-electron chi connectivity index (χ0n) is 2.36. The van der Waals surface area contributed by atoms with Crippen molar-refractivity contribution in [3.63, 3.8) is 0 Å². The second kappa shape index (κ2) is 0.636. The van der Waals surface area contributed by atoms with Crippen LogP contribution >= 0.6 is 0 Å². The van der Waals surface area contributed by atoms with E-state index in [-0.39, 0.29) is 17.1 Å². The van der Waals surface area contributed by atoms with Gasteiger partial charge in [-0.2, -0.15) is 0 Å². The summed E-state index contributed by atoms with van der Waals surface area (Å²) in [5.74, 6) is 0. The molecule has 2 unspecified atom stereocenters. The number of rotatable bonds is 0. The van der Waals surface area contributed by atoms with Crippen LogP contribution in [0.2, 0.25) is 0 Å². The number of hydrazine groups is 1. The largest absolute Gasteiger partial charge is 0.148 e. The van der Waals surface area contributed by atoms with E-state index in [1.54, 1.807) is 0 Å². The van der Waals surface area contributed by atoms with Crippen LogP contribution in [0.15, 0.2) is 0 Å². The van der Waals surface area contributed by atoms with Crippen molar-refractivity contribution in [2.45, 2.75) is 0 Å². The maximum atomic E-state index is 10.9. The minimum atomic E-state index is -0.194. The van der Waals surface area contributed by atoms with Crippen LogP contribution in [0.25, 0.3) is 0 Å². The van der Waals surface area contributed by atoms with E-state index in [2.05, 4.69) is 0 Å². The summed E-state index contributed by atoms with van der Waals surface area (Å²) in [6, 6.07) is 0. The van der Waals surface area contributed by atoms with Gasteiger partial charge in [0, 0.05) is 0 Å². The Morgan fingerprint density at radius 2 is 1.40 bits per heavy atom. The Morgan fingerprint density at radius 3 is 1.40 bits per heavy atom. The predicted octanol–water partition coefficient (Wildman–Crippen LogP) is 0.246. The van der Waals surface area contributed by atoms with E-state index in [0.717, 1.165) is 0 Å². The molecule has 1 heterocycles. The predicted molar refractivity (Wildman–Crippen MR) is 10.8 cm³/mol. The Morgan fingerprint density at radius 1 is 1.20 bits per heavy atom. The molecule has 30 valence electrons. The van der Waals surface area contributed by atoms with E-state index in [0.29, 0.717) is 0 Å². The molecule has 0 aromatic rings. The maximum Gasteiger partial charge on any atom is 0.148 e. The summed E-state index contributed by atoms with van der Waals surface area (Å²) < 4.78 is 21.8. The Bertz CT molecular complexity index is 40.9. The molecule has 1 aliphatic rings. The van der Waals surface area contributed by atoms with Crippen molar-refractivity contribution >= 4 is 0 Å². The molecule has 1 rings (SSSR count). The highest BCUT2D eigenvalue weighted by molar-refractivity contribution is 4.38. The van der Waals surface area contributed by atoms with Gasteiger partial charge < -0.3 is 0 Å². The molecule has 0 radical (unpaired) electrons. The Kier molecular flexibility index (Phi) is 0.380. The second-order valence-electron chi connectivity index (χ2n) is 0.814. The molecule has 1 fully saturated rings. The summed E-state index contributed by atoms with van der Waals surface area (Å²) in [5.41, 5.74) is 0. The molecule has 0 bridgehead atoms. The van der Waals surface area contributed by atoms with Crippen LogP contribution in [-0.4, -0.2) is 17.1 Å². The third kappa shape index (κ3) is 0.358. The summed E-state index contributed by atoms with van der Waals surface area (Å²) in [4.78, 5) is 0. The maximum absolute atomic E-state index is 10.9. The van der Waals surface area contributed by atoms with Crippen LogP contribution in [0, 0.1) is 0 Å². The average molecular weight is 80.0 g/mol. The molecule has 0 aliphatic carbocycles. The van der Waals surface area contributed by atoms with Crippen molar-refractivity contribution in [1.29, 1.82) is 0 Å². The molecule has 1 aliphatic heterocycles. The fourth-order valence-corrected chi connectivity index (χ4v) is 0.0680. The van der Waals surface area contributed by atoms with Crippen LogP contribution in [0.5, 0.6) is 0 Å². The highest BCUT2D eigenvalue weighted by Crippen LogP contribution is 2.13. The van der Waals surface area contributed by atoms with E-state index in [4.69, 9.17) is 0 Å². The zero-order chi connectivity index (χ0) is 3.86. The van der Waals surface area contributed by atoms with E-state index in [9.17, 15) is 8.96 Å². The van der Waals surface area contributed by atoms with E-state index < -0.39 is 0 Å². The lowest BCUT2D eigenvalue weighted by Crippen LogP contribution is -1.77. The van der Waals surface area contributed by atoms with Gasteiger partial charge in [0.2, 0.25) is 0 Å². The lowest BCUT2D eigenvalue weighted by molar-refractivity contribution is -0.0349. The van der Waals surface area contributed by atoms with E-state index in [1.807, 2.05) is 0 Å². The van der Waals surface area contributed by atoms with Gasteiger partial charge in [-0.25, -0.2) is 0 Å². The third-order valence-electron chi connectivity index (χ3n) is 0.384. The molecule has 1 saturated heterocycles. The molecular weight excluding hydrogens is 78.0 g/mol. The molecule has 0 N–H and O–H groups in total. The number of hydrogen-bond acceptors (Lipinski definition) is 2. The molecule has 0 aromatic heterocycles. The summed E-state index contributed by atoms with van der Waals surface area (Å²) in [6.45, 7) is -0.194. The van der Waals surface area contributed by atoms with Crippen LogP contribution < -0.4 is 0 Å². The van der Waals surface area contributed by atoms with E-state index in [1.165, 1.54) is 0 Å². The van der Waals surface area contributed by atoms with Crippen molar-refractivity contribution in [3.8, 4) is 0 Å². The molecule has 0 amide bonds. The highest BCUT2D eigenvalue weighted by Gasteiger charge is 2.31. The second-order valence-corrected chi connectivity index (χ2v) is 0.814. The number of nitrogens with zero attached hydrogens (tertiary/aromatic N) is 2. The molecular formula is CH2F2N2. The Labute approximate surface area is 27.4 Å². The Hall–Kier alpha value is -0.220. The van der Waals surface area contributed by atoms with Crippen molar-refractivity contribution in [2.75, 3.05) is 6.67 Å². The standard InChI is InChI=1S/CH2F2N2/c2-4-1-5(4)3/h1H2. The van der Waals surface area contributed by atoms with Gasteiger partial charge in [0.05, 0.1) is 0 Å². The van der Waals surface area contributed by atoms with Gasteiger partial charge in [-0.05, 0) is 10.5 Å². The fourth-order valence-electron chi connectivity index (χ4n) is 0.0680. The minimum absolute atomic E-state index is 0.0417. The fraction of sp³-hybridized carbons (Fsp3) is 1.00. The zero-order valence-corrected chi connectivity index (χ0v) is 2.36. The highest BCUT2D eigenvalue weighted by atomic mass is 19.3. The van der Waals surface area contributed by atoms with Crippen LogP contribution in [0.1, 0.15) is 0 Å². The van der Waals surface area contributed by atoms with Crippen LogP contribution in [0.4, 0.5) is 8.96 Å². The summed E-state index contributed by atoms with van der Waals surface area (Å²) in [7, 11) is 0. The lowest BCUT2D eigenvalue weighted by Gasteiger charge is -1.67. The molecule has 0 aromatic carbocycles. The minimum Gasteiger partial charge on any atom is -0.114 e. The first-order valence-corrected chi connectivity index (χ1v) is 1.17. The molecule has 0 saturated carbocycles. The molecule has 0 spiro atoms. The molecule has 5 heavy (non-hydrogen) atoms. The summed E-state index contributed by atoms with van der Waals surface area (Å²) >= 11 is 0. The average Bonchev–Trinajstić information content (AvgIpc) is 1.79. The SMILES string of the molecule is FN1CN1F. The summed E-state index contributed by atoms with van der Waals surface area (Å²) in [5, 5.41) is -0.0833. The van der Waals surface area contributed by atoms with Crippen molar-refractivity contribution < 1.29 is 8.96 Å². The van der Waals surface area contributed by atoms with Gasteiger partial charge >= 0.3 is 0 Å². The van der Waals surface area contributed by atoms with E-state index >= 15 is 0 Å². The Balaban J connectivity index is 2.20. The number of halogens is 2. The first kappa shape index (κ1) is 2.99. The smallest absolute Gasteiger partial charge is 0.114 e. The van der Waals surface area contributed by atoms with Gasteiger partial charge in [-0.15, -0.1) is 8.96 Å². The quantitative estimate of drug-likeness (QED) is 0.304. The van der Waals surface area contributed by atoms with Gasteiger partial charge in [-0.3, -0.25) is 0 Å². The van der Waals surface area contributed by atoms with Gasteiger partial charge in [0.15, 0.2) is 0 Å². The molecule has 2 nitrogen and oxygen atoms in total. The topological polar surface area (TPSA) is 6.02 Å². The van der Waals surface area contributed by atoms with Crippen molar-refractivity contribution in [2.24, 2.45) is 0 Å². The van der Waals surface area contributed by atoms with Gasteiger partial charge in [0.25, 0.3) is 0 Å². The third-order valence-corrected chi connectivity index (χ3v) is 0.384. The van der Waals surface area contributed by atoms with Crippen LogP contribution in [-0.2, 0) is 0 Å². The normalized spacial score (nSPS) is 49.2. The first-order valence-electron chi connectivity index (χ1n) is 1.17. The monoisotopic (exact) mass is 80.0 g/mol. The van der Waals surface area contributed by atoms with Crippen molar-refractivity contribution in [3.05, 3.63) is 0 Å². The van der Waals surface area contributed by atoms with Gasteiger partial charge in [0.1, 0.15) is 6.67 Å². The van der Waals surface area contributed by atoms with Crippen LogP contribution in [0.3, 0.4) is 0 Å². The van der Waals surface area contributed by atoms with Crippen molar-refractivity contribution in [1.82, 2.24) is 10.5 Å². The molecule has 2 atom stereocenters. The van der Waals surface area contributed by atoms with Gasteiger partial charge in [-0.1, -0.05) is 0 Å². The molecule has 4 heteroatoms. The lowest BCUT2D eigenvalue weighted by atomic mass is 11.4.